The molecule has 7 heteroatoms. The molecule has 1 unspecified atom stereocenters. The minimum atomic E-state index is -3.43. The number of methoxy groups -OCH3 is 1. The molecule has 1 fully saturated rings. The number of sulfonamides is 1. The van der Waals surface area contributed by atoms with Gasteiger partial charge in [0.05, 0.1) is 6.61 Å². The molecule has 120 valence electrons. The zero-order chi connectivity index (χ0) is 15.5. The molecule has 0 aliphatic heterocycles. The quantitative estimate of drug-likeness (QED) is 0.750. The van der Waals surface area contributed by atoms with Crippen LogP contribution in [0.1, 0.15) is 25.3 Å². The Hall–Kier alpha value is -0.470. The minimum absolute atomic E-state index is 0.0417. The molecule has 1 N–H and O–H groups in total. The molecule has 0 saturated heterocycles. The maximum Gasteiger partial charge on any atom is 0.252 e. The number of hydrogen-bond donors (Lipinski definition) is 1. The molecular weight excluding hydrogens is 308 g/mol. The van der Waals surface area contributed by atoms with Crippen molar-refractivity contribution in [1.29, 1.82) is 0 Å². The Morgan fingerprint density at radius 3 is 2.81 bits per heavy atom. The molecule has 0 aromatic carbocycles. The second-order valence-electron chi connectivity index (χ2n) is 5.49. The molecule has 0 spiro atoms. The fourth-order valence-corrected chi connectivity index (χ4v) is 5.45. The smallest absolute Gasteiger partial charge is 0.252 e. The Morgan fingerprint density at radius 2 is 2.24 bits per heavy atom. The van der Waals surface area contributed by atoms with E-state index in [9.17, 15) is 8.42 Å². The molecule has 1 aliphatic carbocycles. The topological polar surface area (TPSA) is 58.6 Å². The molecule has 0 bridgehead atoms. The van der Waals surface area contributed by atoms with Gasteiger partial charge in [-0.05, 0) is 49.7 Å². The largest absolute Gasteiger partial charge is 0.383 e. The molecular formula is C14H24N2O3S2. The van der Waals surface area contributed by atoms with Gasteiger partial charge in [0.25, 0.3) is 10.0 Å². The van der Waals surface area contributed by atoms with Gasteiger partial charge in [0, 0.05) is 26.2 Å². The molecule has 1 heterocycles. The first kappa shape index (κ1) is 16.9. The normalized spacial score (nSPS) is 17.3. The Labute approximate surface area is 131 Å². The van der Waals surface area contributed by atoms with Crippen LogP contribution in [0.3, 0.4) is 0 Å². The van der Waals surface area contributed by atoms with E-state index in [4.69, 9.17) is 4.74 Å². The number of thiophene rings is 1. The summed E-state index contributed by atoms with van der Waals surface area (Å²) in [6.07, 6.45) is 2.24. The van der Waals surface area contributed by atoms with Crippen LogP contribution in [0.15, 0.2) is 15.7 Å². The summed E-state index contributed by atoms with van der Waals surface area (Å²) in [5.74, 6) is 0.494. The van der Waals surface area contributed by atoms with Crippen molar-refractivity contribution in [3.05, 3.63) is 17.0 Å². The number of nitrogens with one attached hydrogen (secondary N) is 1. The summed E-state index contributed by atoms with van der Waals surface area (Å²) in [6.45, 7) is 3.52. The summed E-state index contributed by atoms with van der Waals surface area (Å²) in [7, 11) is 0.0221. The fraction of sp³-hybridized carbons (Fsp3) is 0.714. The highest BCUT2D eigenvalue weighted by atomic mass is 32.2. The molecule has 1 saturated carbocycles. The van der Waals surface area contributed by atoms with E-state index in [1.807, 2.05) is 19.4 Å². The van der Waals surface area contributed by atoms with E-state index in [1.165, 1.54) is 11.3 Å². The average molecular weight is 332 g/mol. The van der Waals surface area contributed by atoms with Crippen molar-refractivity contribution in [2.24, 2.45) is 5.92 Å². The number of nitrogens with zero attached hydrogens (tertiary/aromatic N) is 1. The predicted octanol–water partition coefficient (Wildman–Crippen LogP) is 1.90. The lowest BCUT2D eigenvalue weighted by Gasteiger charge is -2.27. The van der Waals surface area contributed by atoms with Crippen molar-refractivity contribution in [3.63, 3.8) is 0 Å². The molecule has 1 atom stereocenters. The predicted molar refractivity (Wildman–Crippen MR) is 85.0 cm³/mol. The summed E-state index contributed by atoms with van der Waals surface area (Å²) < 4.78 is 32.9. The highest BCUT2D eigenvalue weighted by Gasteiger charge is 2.38. The van der Waals surface area contributed by atoms with Crippen LogP contribution in [0, 0.1) is 5.92 Å². The molecule has 5 nitrogen and oxygen atoms in total. The lowest BCUT2D eigenvalue weighted by Crippen LogP contribution is -2.41. The van der Waals surface area contributed by atoms with Crippen molar-refractivity contribution in [1.82, 2.24) is 9.62 Å². The van der Waals surface area contributed by atoms with Gasteiger partial charge in [-0.1, -0.05) is 0 Å². The van der Waals surface area contributed by atoms with Crippen LogP contribution >= 0.6 is 11.3 Å². The number of ether oxygens (including phenoxy) is 1. The lowest BCUT2D eigenvalue weighted by atomic mass is 10.2. The van der Waals surface area contributed by atoms with E-state index in [0.717, 1.165) is 18.4 Å². The lowest BCUT2D eigenvalue weighted by molar-refractivity contribution is 0.164. The van der Waals surface area contributed by atoms with Crippen LogP contribution in [0.5, 0.6) is 0 Å². The summed E-state index contributed by atoms with van der Waals surface area (Å²) >= 11 is 1.30. The van der Waals surface area contributed by atoms with E-state index >= 15 is 0 Å². The summed E-state index contributed by atoms with van der Waals surface area (Å²) in [5.41, 5.74) is 1.01. The molecule has 0 radical (unpaired) electrons. The van der Waals surface area contributed by atoms with Crippen molar-refractivity contribution in [2.75, 3.05) is 27.3 Å². The van der Waals surface area contributed by atoms with Crippen molar-refractivity contribution >= 4 is 21.4 Å². The SMILES string of the molecule is CNCc1csc(S(=O)(=O)N(CCOC)C(C)C2CC2)c1. The Balaban J connectivity index is 2.22. The van der Waals surface area contributed by atoms with Gasteiger partial charge in [0.2, 0.25) is 0 Å². The average Bonchev–Trinajstić information content (AvgIpc) is 3.19. The van der Waals surface area contributed by atoms with Crippen molar-refractivity contribution < 1.29 is 13.2 Å². The van der Waals surface area contributed by atoms with Crippen LogP contribution in [-0.2, 0) is 21.3 Å². The minimum Gasteiger partial charge on any atom is -0.383 e. The molecule has 1 aromatic heterocycles. The number of hydrogen-bond acceptors (Lipinski definition) is 5. The maximum absolute atomic E-state index is 12.9. The zero-order valence-corrected chi connectivity index (χ0v) is 14.5. The van der Waals surface area contributed by atoms with Crippen LogP contribution in [0.25, 0.3) is 0 Å². The molecule has 21 heavy (non-hydrogen) atoms. The second-order valence-corrected chi connectivity index (χ2v) is 8.52. The Kier molecular flexibility index (Phi) is 5.79. The van der Waals surface area contributed by atoms with E-state index in [0.29, 0.717) is 29.8 Å². The van der Waals surface area contributed by atoms with E-state index in [1.54, 1.807) is 17.5 Å². The van der Waals surface area contributed by atoms with Gasteiger partial charge in [-0.25, -0.2) is 8.42 Å². The highest BCUT2D eigenvalue weighted by molar-refractivity contribution is 7.91. The summed E-state index contributed by atoms with van der Waals surface area (Å²) in [6, 6.07) is 1.82. The third-order valence-corrected chi connectivity index (χ3v) is 7.30. The van der Waals surface area contributed by atoms with Gasteiger partial charge in [0.1, 0.15) is 4.21 Å². The Bertz CT molecular complexity index is 552. The fourth-order valence-electron chi connectivity index (χ4n) is 2.44. The summed E-state index contributed by atoms with van der Waals surface area (Å²) in [5, 5.41) is 4.94. The van der Waals surface area contributed by atoms with Crippen molar-refractivity contribution in [3.8, 4) is 0 Å². The first-order valence-corrected chi connectivity index (χ1v) is 9.55. The molecule has 2 rings (SSSR count). The molecule has 0 amide bonds. The second kappa shape index (κ2) is 7.19. The van der Waals surface area contributed by atoms with E-state index in [-0.39, 0.29) is 6.04 Å². The first-order chi connectivity index (χ1) is 10.0. The maximum atomic E-state index is 12.9. The number of rotatable bonds is 9. The summed E-state index contributed by atoms with van der Waals surface area (Å²) in [4.78, 5) is 0. The Morgan fingerprint density at radius 1 is 1.52 bits per heavy atom. The third kappa shape index (κ3) is 4.04. The van der Waals surface area contributed by atoms with Crippen LogP contribution in [0.4, 0.5) is 0 Å². The van der Waals surface area contributed by atoms with Gasteiger partial charge < -0.3 is 10.1 Å². The third-order valence-electron chi connectivity index (χ3n) is 3.85. The standard InChI is InChI=1S/C14H24N2O3S2/c1-11(13-4-5-13)16(6-7-19-3)21(17,18)14-8-12(9-15-2)10-20-14/h8,10-11,13,15H,4-7,9H2,1-3H3. The van der Waals surface area contributed by atoms with Gasteiger partial charge >= 0.3 is 0 Å². The van der Waals surface area contributed by atoms with E-state index in [2.05, 4.69) is 5.32 Å². The van der Waals surface area contributed by atoms with Crippen molar-refractivity contribution in [2.45, 2.75) is 36.6 Å². The highest BCUT2D eigenvalue weighted by Crippen LogP contribution is 2.37. The van der Waals surface area contributed by atoms with Crippen LogP contribution in [0.2, 0.25) is 0 Å². The first-order valence-electron chi connectivity index (χ1n) is 7.23. The van der Waals surface area contributed by atoms with E-state index < -0.39 is 10.0 Å². The van der Waals surface area contributed by atoms with Crippen LogP contribution in [-0.4, -0.2) is 46.1 Å². The monoisotopic (exact) mass is 332 g/mol. The van der Waals surface area contributed by atoms with Gasteiger partial charge in [-0.3, -0.25) is 0 Å². The van der Waals surface area contributed by atoms with Gasteiger partial charge in [-0.15, -0.1) is 11.3 Å². The zero-order valence-electron chi connectivity index (χ0n) is 12.8. The van der Waals surface area contributed by atoms with Gasteiger partial charge in [-0.2, -0.15) is 4.31 Å². The molecule has 1 aromatic rings. The van der Waals surface area contributed by atoms with Gasteiger partial charge in [0.15, 0.2) is 0 Å². The van der Waals surface area contributed by atoms with Crippen LogP contribution < -0.4 is 5.32 Å². The molecule has 1 aliphatic rings.